The van der Waals surface area contributed by atoms with Crippen LogP contribution in [0.4, 0.5) is 5.82 Å². The first-order valence-corrected chi connectivity index (χ1v) is 9.15. The number of anilines is 1. The molecule has 1 saturated heterocycles. The molecule has 0 aromatic carbocycles. The molecule has 1 aliphatic heterocycles. The number of nitrogens with zero attached hydrogens (tertiary/aromatic N) is 5. The minimum atomic E-state index is -0.462. The maximum atomic E-state index is 10.9. The third kappa shape index (κ3) is 2.48. The van der Waals surface area contributed by atoms with Gasteiger partial charge in [0.1, 0.15) is 11.6 Å². The SMILES string of the molecule is CC(C)c1nc(N2CC[C@@]3(O)CCCC[C@H]3C2)c2cnn(C)c2n1. The smallest absolute Gasteiger partial charge is 0.163 e. The fourth-order valence-electron chi connectivity index (χ4n) is 4.29. The lowest BCUT2D eigenvalue weighted by Crippen LogP contribution is -2.53. The summed E-state index contributed by atoms with van der Waals surface area (Å²) in [6.07, 6.45) is 7.16. The summed E-state index contributed by atoms with van der Waals surface area (Å²) in [5.74, 6) is 2.48. The Bertz CT molecular complexity index is 755. The fourth-order valence-corrected chi connectivity index (χ4v) is 4.29. The minimum Gasteiger partial charge on any atom is -0.389 e. The first kappa shape index (κ1) is 15.8. The van der Waals surface area contributed by atoms with Crippen molar-refractivity contribution in [3.63, 3.8) is 0 Å². The number of hydrogen-bond acceptors (Lipinski definition) is 5. The van der Waals surface area contributed by atoms with Crippen LogP contribution in [0.3, 0.4) is 0 Å². The Balaban J connectivity index is 1.73. The van der Waals surface area contributed by atoms with Crippen LogP contribution in [0.25, 0.3) is 11.0 Å². The second kappa shape index (κ2) is 5.69. The number of aromatic nitrogens is 4. The molecule has 0 amide bonds. The van der Waals surface area contributed by atoms with Crippen LogP contribution >= 0.6 is 0 Å². The quantitative estimate of drug-likeness (QED) is 0.917. The first-order chi connectivity index (χ1) is 11.5. The van der Waals surface area contributed by atoms with Gasteiger partial charge in [0.2, 0.25) is 0 Å². The molecule has 2 fully saturated rings. The summed E-state index contributed by atoms with van der Waals surface area (Å²) < 4.78 is 1.83. The number of rotatable bonds is 2. The van der Waals surface area contributed by atoms with Crippen molar-refractivity contribution in [2.24, 2.45) is 13.0 Å². The molecule has 2 aromatic heterocycles. The lowest BCUT2D eigenvalue weighted by Gasteiger charge is -2.47. The van der Waals surface area contributed by atoms with Crippen molar-refractivity contribution in [3.05, 3.63) is 12.0 Å². The zero-order valence-electron chi connectivity index (χ0n) is 14.9. The zero-order chi connectivity index (χ0) is 16.9. The molecule has 0 bridgehead atoms. The van der Waals surface area contributed by atoms with Crippen LogP contribution in [-0.4, -0.2) is 43.5 Å². The van der Waals surface area contributed by atoms with E-state index in [-0.39, 0.29) is 5.92 Å². The summed E-state index contributed by atoms with van der Waals surface area (Å²) in [5, 5.41) is 16.3. The van der Waals surface area contributed by atoms with Crippen LogP contribution in [-0.2, 0) is 7.05 Å². The third-order valence-electron chi connectivity index (χ3n) is 5.83. The molecule has 2 aromatic rings. The monoisotopic (exact) mass is 329 g/mol. The molecule has 24 heavy (non-hydrogen) atoms. The van der Waals surface area contributed by atoms with E-state index in [2.05, 4.69) is 23.8 Å². The maximum absolute atomic E-state index is 10.9. The Morgan fingerprint density at radius 1 is 1.25 bits per heavy atom. The molecule has 1 N–H and O–H groups in total. The molecule has 6 nitrogen and oxygen atoms in total. The normalized spacial score (nSPS) is 27.7. The van der Waals surface area contributed by atoms with Gasteiger partial charge >= 0.3 is 0 Å². The van der Waals surface area contributed by atoms with Gasteiger partial charge in [0.05, 0.1) is 17.2 Å². The first-order valence-electron chi connectivity index (χ1n) is 9.15. The molecule has 3 heterocycles. The van der Waals surface area contributed by atoms with Gasteiger partial charge in [-0.1, -0.05) is 26.7 Å². The third-order valence-corrected chi connectivity index (χ3v) is 5.83. The number of aryl methyl sites for hydroxylation is 1. The van der Waals surface area contributed by atoms with Crippen molar-refractivity contribution in [1.29, 1.82) is 0 Å². The second-order valence-corrected chi connectivity index (χ2v) is 7.81. The summed E-state index contributed by atoms with van der Waals surface area (Å²) in [5.41, 5.74) is 0.435. The van der Waals surface area contributed by atoms with Gasteiger partial charge in [0.15, 0.2) is 5.65 Å². The van der Waals surface area contributed by atoms with E-state index in [0.29, 0.717) is 5.92 Å². The van der Waals surface area contributed by atoms with E-state index in [1.807, 2.05) is 17.9 Å². The number of fused-ring (bicyclic) bond motifs is 2. The highest BCUT2D eigenvalue weighted by atomic mass is 16.3. The summed E-state index contributed by atoms with van der Waals surface area (Å²) in [6, 6.07) is 0. The van der Waals surface area contributed by atoms with Gasteiger partial charge in [-0.15, -0.1) is 0 Å². The predicted molar refractivity (Wildman–Crippen MR) is 94.1 cm³/mol. The standard InChI is InChI=1S/C18H27N5O/c1-12(2)15-20-16-14(10-19-22(16)3)17(21-15)23-9-8-18(24)7-5-4-6-13(18)11-23/h10,12-13,24H,4-9,11H2,1-3H3/t13-,18-/m0/s1. The van der Waals surface area contributed by atoms with Crippen LogP contribution in [0, 0.1) is 5.92 Å². The topological polar surface area (TPSA) is 67.1 Å². The molecule has 1 saturated carbocycles. The van der Waals surface area contributed by atoms with Crippen molar-refractivity contribution in [2.75, 3.05) is 18.0 Å². The van der Waals surface area contributed by atoms with Crippen molar-refractivity contribution in [2.45, 2.75) is 57.5 Å². The fraction of sp³-hybridized carbons (Fsp3) is 0.722. The van der Waals surface area contributed by atoms with Gasteiger partial charge in [0, 0.05) is 32.0 Å². The molecule has 0 radical (unpaired) electrons. The highest BCUT2D eigenvalue weighted by Gasteiger charge is 2.43. The minimum absolute atomic E-state index is 0.277. The van der Waals surface area contributed by atoms with Crippen LogP contribution in [0.15, 0.2) is 6.20 Å². The summed E-state index contributed by atoms with van der Waals surface area (Å²) in [7, 11) is 1.93. The van der Waals surface area contributed by atoms with Crippen LogP contribution in [0.1, 0.15) is 57.7 Å². The summed E-state index contributed by atoms with van der Waals surface area (Å²) in [4.78, 5) is 11.9. The molecule has 2 aliphatic rings. The number of hydrogen-bond donors (Lipinski definition) is 1. The lowest BCUT2D eigenvalue weighted by molar-refractivity contribution is -0.0613. The van der Waals surface area contributed by atoms with E-state index >= 15 is 0 Å². The Kier molecular flexibility index (Phi) is 3.75. The largest absolute Gasteiger partial charge is 0.389 e. The molecular weight excluding hydrogens is 302 g/mol. The van der Waals surface area contributed by atoms with Crippen LogP contribution in [0.5, 0.6) is 0 Å². The molecule has 1 aliphatic carbocycles. The van der Waals surface area contributed by atoms with Gasteiger partial charge in [-0.25, -0.2) is 9.97 Å². The zero-order valence-corrected chi connectivity index (χ0v) is 14.9. The van der Waals surface area contributed by atoms with E-state index in [4.69, 9.17) is 9.97 Å². The van der Waals surface area contributed by atoms with Crippen molar-refractivity contribution < 1.29 is 5.11 Å². The summed E-state index contributed by atoms with van der Waals surface area (Å²) in [6.45, 7) is 5.98. The van der Waals surface area contributed by atoms with Gasteiger partial charge in [0.25, 0.3) is 0 Å². The molecule has 0 unspecified atom stereocenters. The maximum Gasteiger partial charge on any atom is 0.163 e. The highest BCUT2D eigenvalue weighted by molar-refractivity contribution is 5.87. The lowest BCUT2D eigenvalue weighted by atomic mass is 9.71. The van der Waals surface area contributed by atoms with E-state index in [0.717, 1.165) is 61.4 Å². The predicted octanol–water partition coefficient (Wildman–Crippen LogP) is 2.62. The van der Waals surface area contributed by atoms with Gasteiger partial charge in [-0.2, -0.15) is 5.10 Å². The van der Waals surface area contributed by atoms with E-state index < -0.39 is 5.60 Å². The van der Waals surface area contributed by atoms with Crippen molar-refractivity contribution in [3.8, 4) is 0 Å². The Morgan fingerprint density at radius 2 is 2.08 bits per heavy atom. The summed E-state index contributed by atoms with van der Waals surface area (Å²) >= 11 is 0. The molecule has 2 atom stereocenters. The Morgan fingerprint density at radius 3 is 2.88 bits per heavy atom. The molecule has 0 spiro atoms. The average molecular weight is 329 g/mol. The van der Waals surface area contributed by atoms with Gasteiger partial charge in [-0.3, -0.25) is 4.68 Å². The highest BCUT2D eigenvalue weighted by Crippen LogP contribution is 2.41. The van der Waals surface area contributed by atoms with E-state index in [1.165, 1.54) is 6.42 Å². The number of piperidine rings is 1. The Hall–Kier alpha value is -1.69. The Labute approximate surface area is 142 Å². The molecule has 130 valence electrons. The second-order valence-electron chi connectivity index (χ2n) is 7.81. The van der Waals surface area contributed by atoms with Crippen molar-refractivity contribution in [1.82, 2.24) is 19.7 Å². The van der Waals surface area contributed by atoms with Crippen LogP contribution < -0.4 is 4.90 Å². The molecular formula is C18H27N5O. The number of aliphatic hydroxyl groups is 1. The van der Waals surface area contributed by atoms with E-state index in [9.17, 15) is 5.11 Å². The van der Waals surface area contributed by atoms with Gasteiger partial charge < -0.3 is 10.0 Å². The average Bonchev–Trinajstić information content (AvgIpc) is 2.94. The van der Waals surface area contributed by atoms with Crippen LogP contribution in [0.2, 0.25) is 0 Å². The van der Waals surface area contributed by atoms with Gasteiger partial charge in [-0.05, 0) is 19.3 Å². The molecule has 4 rings (SSSR count). The van der Waals surface area contributed by atoms with E-state index in [1.54, 1.807) is 0 Å². The van der Waals surface area contributed by atoms with Crippen molar-refractivity contribution >= 4 is 16.9 Å². The molecule has 6 heteroatoms.